The zero-order chi connectivity index (χ0) is 13.2. The fraction of sp³-hybridized carbons (Fsp3) is 0.182. The number of furan rings is 1. The number of hydrogen-bond donors (Lipinski definition) is 3. The Morgan fingerprint density at radius 1 is 1.37 bits per heavy atom. The third kappa shape index (κ3) is 2.38. The fourth-order valence-corrected chi connectivity index (χ4v) is 1.87. The molecule has 0 saturated heterocycles. The Hall–Kier alpha value is -2.12. The van der Waals surface area contributed by atoms with Crippen molar-refractivity contribution in [1.82, 2.24) is 19.9 Å². The lowest BCUT2D eigenvalue weighted by molar-refractivity contribution is 0.273. The zero-order valence-electron chi connectivity index (χ0n) is 9.72. The van der Waals surface area contributed by atoms with Crippen molar-refractivity contribution in [2.45, 2.75) is 13.2 Å². The van der Waals surface area contributed by atoms with Gasteiger partial charge in [0, 0.05) is 0 Å². The highest BCUT2D eigenvalue weighted by Crippen LogP contribution is 2.20. The van der Waals surface area contributed by atoms with Crippen LogP contribution in [0.1, 0.15) is 11.6 Å². The Morgan fingerprint density at radius 3 is 3.00 bits per heavy atom. The number of imidazole rings is 1. The lowest BCUT2D eigenvalue weighted by atomic mass is 10.4. The molecule has 98 valence electrons. The first kappa shape index (κ1) is 11.9. The molecule has 3 N–H and O–H groups in total. The first-order chi connectivity index (χ1) is 9.26. The minimum Gasteiger partial charge on any atom is -0.467 e. The van der Waals surface area contributed by atoms with E-state index < -0.39 is 0 Å². The molecule has 3 aromatic heterocycles. The predicted molar refractivity (Wildman–Crippen MR) is 68.7 cm³/mol. The third-order valence-corrected chi connectivity index (χ3v) is 2.70. The summed E-state index contributed by atoms with van der Waals surface area (Å²) in [7, 11) is 0. The van der Waals surface area contributed by atoms with E-state index in [0.717, 1.165) is 5.76 Å². The van der Waals surface area contributed by atoms with Gasteiger partial charge < -0.3 is 19.8 Å². The van der Waals surface area contributed by atoms with Gasteiger partial charge in [0.05, 0.1) is 12.8 Å². The highest BCUT2D eigenvalue weighted by molar-refractivity contribution is 6.28. The number of fused-ring (bicyclic) bond motifs is 1. The van der Waals surface area contributed by atoms with E-state index in [1.54, 1.807) is 12.3 Å². The molecule has 0 aliphatic heterocycles. The van der Waals surface area contributed by atoms with Crippen molar-refractivity contribution in [3.05, 3.63) is 35.3 Å². The lowest BCUT2D eigenvalue weighted by Gasteiger charge is -2.04. The molecule has 0 radical (unpaired) electrons. The van der Waals surface area contributed by atoms with Crippen LogP contribution in [0, 0.1) is 0 Å². The number of H-pyrrole nitrogens is 1. The largest absolute Gasteiger partial charge is 0.467 e. The van der Waals surface area contributed by atoms with Gasteiger partial charge in [-0.15, -0.1) is 0 Å². The Balaban J connectivity index is 1.94. The van der Waals surface area contributed by atoms with E-state index in [1.807, 2.05) is 6.07 Å². The summed E-state index contributed by atoms with van der Waals surface area (Å²) >= 11 is 5.84. The SMILES string of the molecule is OCc1nc2c(NCc3ccco3)nc(Cl)nc2[nH]1. The minimum atomic E-state index is -0.203. The van der Waals surface area contributed by atoms with E-state index in [1.165, 1.54) is 0 Å². The number of aromatic amines is 1. The molecule has 3 rings (SSSR count). The van der Waals surface area contributed by atoms with Crippen molar-refractivity contribution in [2.75, 3.05) is 5.32 Å². The Morgan fingerprint density at radius 2 is 2.26 bits per heavy atom. The second-order valence-corrected chi connectivity index (χ2v) is 4.15. The third-order valence-electron chi connectivity index (χ3n) is 2.53. The first-order valence-corrected chi connectivity index (χ1v) is 5.93. The predicted octanol–water partition coefficient (Wildman–Crippen LogP) is 1.70. The topological polar surface area (TPSA) is 99.9 Å². The van der Waals surface area contributed by atoms with Crippen LogP contribution < -0.4 is 5.32 Å². The summed E-state index contributed by atoms with van der Waals surface area (Å²) in [4.78, 5) is 15.1. The van der Waals surface area contributed by atoms with Crippen LogP contribution in [0.25, 0.3) is 11.2 Å². The quantitative estimate of drug-likeness (QED) is 0.629. The fourth-order valence-electron chi connectivity index (χ4n) is 1.70. The molecule has 0 spiro atoms. The molecule has 8 heteroatoms. The average Bonchev–Trinajstić information content (AvgIpc) is 3.04. The maximum Gasteiger partial charge on any atom is 0.226 e. The summed E-state index contributed by atoms with van der Waals surface area (Å²) in [5, 5.41) is 12.2. The molecule has 0 bridgehead atoms. The van der Waals surface area contributed by atoms with E-state index in [9.17, 15) is 0 Å². The van der Waals surface area contributed by atoms with Gasteiger partial charge in [-0.25, -0.2) is 4.98 Å². The van der Waals surface area contributed by atoms with Gasteiger partial charge in [0.25, 0.3) is 0 Å². The van der Waals surface area contributed by atoms with Gasteiger partial charge in [-0.2, -0.15) is 9.97 Å². The first-order valence-electron chi connectivity index (χ1n) is 5.55. The van der Waals surface area contributed by atoms with Gasteiger partial charge in [-0.1, -0.05) is 0 Å². The highest BCUT2D eigenvalue weighted by atomic mass is 35.5. The maximum atomic E-state index is 9.07. The van der Waals surface area contributed by atoms with E-state index in [2.05, 4.69) is 25.3 Å². The van der Waals surface area contributed by atoms with Crippen molar-refractivity contribution < 1.29 is 9.52 Å². The van der Waals surface area contributed by atoms with Crippen molar-refractivity contribution in [1.29, 1.82) is 0 Å². The average molecular weight is 280 g/mol. The summed E-state index contributed by atoms with van der Waals surface area (Å²) in [5.41, 5.74) is 1.01. The molecule has 0 unspecified atom stereocenters. The highest BCUT2D eigenvalue weighted by Gasteiger charge is 2.12. The van der Waals surface area contributed by atoms with Gasteiger partial charge in [-0.3, -0.25) is 0 Å². The van der Waals surface area contributed by atoms with Gasteiger partial charge in [0.2, 0.25) is 5.28 Å². The number of rotatable bonds is 4. The Kier molecular flexibility index (Phi) is 3.06. The number of hydrogen-bond acceptors (Lipinski definition) is 6. The Bertz CT molecular complexity index is 694. The van der Waals surface area contributed by atoms with Crippen LogP contribution in [0.5, 0.6) is 0 Å². The maximum absolute atomic E-state index is 9.07. The van der Waals surface area contributed by atoms with Crippen molar-refractivity contribution in [2.24, 2.45) is 0 Å². The summed E-state index contributed by atoms with van der Waals surface area (Å²) in [6.45, 7) is 0.252. The monoisotopic (exact) mass is 279 g/mol. The van der Waals surface area contributed by atoms with Crippen LogP contribution in [-0.2, 0) is 13.2 Å². The lowest BCUT2D eigenvalue weighted by Crippen LogP contribution is -2.02. The number of aliphatic hydroxyl groups excluding tert-OH is 1. The van der Waals surface area contributed by atoms with Gasteiger partial charge in [0.1, 0.15) is 18.2 Å². The molecular formula is C11H10ClN5O2. The van der Waals surface area contributed by atoms with Crippen LogP contribution in [-0.4, -0.2) is 25.0 Å². The van der Waals surface area contributed by atoms with Crippen molar-refractivity contribution in [3.63, 3.8) is 0 Å². The van der Waals surface area contributed by atoms with E-state index in [4.69, 9.17) is 21.1 Å². The van der Waals surface area contributed by atoms with Crippen LogP contribution in [0.3, 0.4) is 0 Å². The number of nitrogens with zero attached hydrogens (tertiary/aromatic N) is 3. The van der Waals surface area contributed by atoms with Crippen LogP contribution in [0.4, 0.5) is 5.82 Å². The van der Waals surface area contributed by atoms with Gasteiger partial charge in [-0.05, 0) is 23.7 Å². The second-order valence-electron chi connectivity index (χ2n) is 3.81. The number of halogens is 1. The van der Waals surface area contributed by atoms with Crippen LogP contribution in [0.15, 0.2) is 22.8 Å². The normalized spacial score (nSPS) is 11.1. The number of aromatic nitrogens is 4. The minimum absolute atomic E-state index is 0.0996. The molecule has 0 fully saturated rings. The molecule has 0 aromatic carbocycles. The summed E-state index contributed by atoms with van der Waals surface area (Å²) < 4.78 is 5.22. The number of aliphatic hydroxyl groups is 1. The zero-order valence-corrected chi connectivity index (χ0v) is 10.5. The Labute approximate surface area is 112 Å². The van der Waals surface area contributed by atoms with E-state index in [0.29, 0.717) is 29.4 Å². The number of anilines is 1. The molecule has 3 aromatic rings. The second kappa shape index (κ2) is 4.87. The van der Waals surface area contributed by atoms with Crippen LogP contribution in [0.2, 0.25) is 5.28 Å². The van der Waals surface area contributed by atoms with Crippen LogP contribution >= 0.6 is 11.6 Å². The molecule has 0 amide bonds. The molecule has 3 heterocycles. The summed E-state index contributed by atoms with van der Waals surface area (Å²) in [5.74, 6) is 1.66. The van der Waals surface area contributed by atoms with Crippen molar-refractivity contribution >= 4 is 28.6 Å². The number of nitrogens with one attached hydrogen (secondary N) is 2. The molecule has 0 saturated carbocycles. The molecule has 7 nitrogen and oxygen atoms in total. The summed E-state index contributed by atoms with van der Waals surface area (Å²) in [6, 6.07) is 3.65. The van der Waals surface area contributed by atoms with Gasteiger partial charge in [0.15, 0.2) is 17.0 Å². The molecular weight excluding hydrogens is 270 g/mol. The smallest absolute Gasteiger partial charge is 0.226 e. The van der Waals surface area contributed by atoms with E-state index in [-0.39, 0.29) is 11.9 Å². The molecule has 0 aliphatic carbocycles. The van der Waals surface area contributed by atoms with E-state index >= 15 is 0 Å². The molecule has 19 heavy (non-hydrogen) atoms. The van der Waals surface area contributed by atoms with Gasteiger partial charge >= 0.3 is 0 Å². The van der Waals surface area contributed by atoms with Crippen molar-refractivity contribution in [3.8, 4) is 0 Å². The molecule has 0 aliphatic rings. The standard InChI is InChI=1S/C11H10ClN5O2/c12-11-16-9(13-4-6-2-1-3-19-6)8-10(17-11)15-7(5-18)14-8/h1-3,18H,4-5H2,(H2,13,14,15,16,17). The summed E-state index contributed by atoms with van der Waals surface area (Å²) in [6.07, 6.45) is 1.60. The molecule has 0 atom stereocenters.